The molecule has 0 bridgehead atoms. The molecule has 96 valence electrons. The number of nitrogens with zero attached hydrogens (tertiary/aromatic N) is 2. The van der Waals surface area contributed by atoms with E-state index in [1.54, 1.807) is 22.9 Å². The number of carboxylic acid groups (broad SMARTS) is 1. The quantitative estimate of drug-likeness (QED) is 0.845. The van der Waals surface area contributed by atoms with E-state index in [0.29, 0.717) is 37.9 Å². The Bertz CT molecular complexity index is 479. The van der Waals surface area contributed by atoms with Crippen LogP contribution in [-0.4, -0.2) is 26.4 Å². The Morgan fingerprint density at radius 2 is 2.22 bits per heavy atom. The molecule has 0 aliphatic heterocycles. The average molecular weight is 248 g/mol. The summed E-state index contributed by atoms with van der Waals surface area (Å²) >= 11 is 0. The van der Waals surface area contributed by atoms with Gasteiger partial charge in [0.1, 0.15) is 11.8 Å². The van der Waals surface area contributed by atoms with Gasteiger partial charge in [0.2, 0.25) is 0 Å². The monoisotopic (exact) mass is 248 g/mol. The molecule has 1 aromatic rings. The van der Waals surface area contributed by atoms with Gasteiger partial charge < -0.3 is 14.8 Å². The van der Waals surface area contributed by atoms with Gasteiger partial charge in [-0.15, -0.1) is 0 Å². The summed E-state index contributed by atoms with van der Waals surface area (Å²) < 4.78 is 1.72. The first-order valence-corrected chi connectivity index (χ1v) is 6.04. The highest BCUT2D eigenvalue weighted by Crippen LogP contribution is 2.33. The molecule has 1 aliphatic rings. The number of carbonyl (C=O) groups is 1. The van der Waals surface area contributed by atoms with Crippen LogP contribution in [0.5, 0.6) is 0 Å². The van der Waals surface area contributed by atoms with Crippen molar-refractivity contribution >= 4 is 5.97 Å². The van der Waals surface area contributed by atoms with Crippen molar-refractivity contribution in [2.24, 2.45) is 5.92 Å². The van der Waals surface area contributed by atoms with Crippen LogP contribution < -0.4 is 0 Å². The molecule has 0 unspecified atom stereocenters. The van der Waals surface area contributed by atoms with Crippen LogP contribution in [-0.2, 0) is 11.3 Å². The average Bonchev–Trinajstić information content (AvgIpc) is 2.76. The van der Waals surface area contributed by atoms with Gasteiger partial charge in [0.15, 0.2) is 0 Å². The Kier molecular flexibility index (Phi) is 3.39. The molecule has 0 atom stereocenters. The molecule has 0 aromatic carbocycles. The van der Waals surface area contributed by atoms with Crippen molar-refractivity contribution in [2.45, 2.75) is 37.8 Å². The van der Waals surface area contributed by atoms with E-state index in [-0.39, 0.29) is 5.92 Å². The Morgan fingerprint density at radius 3 is 2.78 bits per heavy atom. The highest BCUT2D eigenvalue weighted by atomic mass is 16.4. The summed E-state index contributed by atoms with van der Waals surface area (Å²) in [6.07, 6.45) is 3.68. The lowest BCUT2D eigenvalue weighted by Gasteiger charge is -2.35. The van der Waals surface area contributed by atoms with Crippen molar-refractivity contribution < 1.29 is 15.0 Å². The SMILES string of the molecule is N#Cc1cccn1CC1(O)CCC(C(=O)O)CC1. The van der Waals surface area contributed by atoms with Gasteiger partial charge in [0, 0.05) is 6.20 Å². The Balaban J connectivity index is 2.02. The van der Waals surface area contributed by atoms with Crippen molar-refractivity contribution in [3.63, 3.8) is 0 Å². The van der Waals surface area contributed by atoms with Crippen LogP contribution in [0.15, 0.2) is 18.3 Å². The van der Waals surface area contributed by atoms with Gasteiger partial charge in [-0.05, 0) is 37.8 Å². The molecule has 2 rings (SSSR count). The lowest BCUT2D eigenvalue weighted by atomic mass is 9.79. The van der Waals surface area contributed by atoms with E-state index in [2.05, 4.69) is 6.07 Å². The zero-order valence-electron chi connectivity index (χ0n) is 10.0. The minimum atomic E-state index is -0.892. The number of aliphatic carboxylic acids is 1. The molecule has 18 heavy (non-hydrogen) atoms. The lowest BCUT2D eigenvalue weighted by Crippen LogP contribution is -2.39. The normalized spacial score (nSPS) is 27.7. The minimum absolute atomic E-state index is 0.342. The van der Waals surface area contributed by atoms with Crippen molar-refractivity contribution in [2.75, 3.05) is 0 Å². The third kappa shape index (κ3) is 2.54. The summed E-state index contributed by atoms with van der Waals surface area (Å²) in [5.74, 6) is -1.12. The molecule has 2 N–H and O–H groups in total. The number of carboxylic acids is 1. The summed E-state index contributed by atoms with van der Waals surface area (Å²) in [6.45, 7) is 0.356. The van der Waals surface area contributed by atoms with Crippen molar-refractivity contribution in [1.82, 2.24) is 4.57 Å². The molecular weight excluding hydrogens is 232 g/mol. The fourth-order valence-electron chi connectivity index (χ4n) is 2.53. The van der Waals surface area contributed by atoms with Gasteiger partial charge in [-0.2, -0.15) is 5.26 Å². The van der Waals surface area contributed by atoms with E-state index in [1.807, 2.05) is 0 Å². The zero-order valence-corrected chi connectivity index (χ0v) is 10.0. The molecule has 0 saturated heterocycles. The molecule has 0 spiro atoms. The Morgan fingerprint density at radius 1 is 1.56 bits per heavy atom. The molecule has 0 radical (unpaired) electrons. The van der Waals surface area contributed by atoms with Gasteiger partial charge in [-0.1, -0.05) is 0 Å². The first-order chi connectivity index (χ1) is 8.54. The molecule has 0 amide bonds. The largest absolute Gasteiger partial charge is 0.481 e. The van der Waals surface area contributed by atoms with Gasteiger partial charge in [-0.25, -0.2) is 0 Å². The lowest BCUT2D eigenvalue weighted by molar-refractivity contribution is -0.145. The number of rotatable bonds is 3. The maximum atomic E-state index is 10.9. The van der Waals surface area contributed by atoms with E-state index in [4.69, 9.17) is 10.4 Å². The standard InChI is InChI=1S/C13H16N2O3/c14-8-11-2-1-7-15(11)9-13(18)5-3-10(4-6-13)12(16)17/h1-2,7,10,18H,3-6,9H2,(H,16,17). The topological polar surface area (TPSA) is 86.3 Å². The van der Waals surface area contributed by atoms with E-state index >= 15 is 0 Å². The van der Waals surface area contributed by atoms with Crippen LogP contribution in [0.3, 0.4) is 0 Å². The summed E-state index contributed by atoms with van der Waals surface area (Å²) in [5.41, 5.74) is -0.375. The van der Waals surface area contributed by atoms with Crippen LogP contribution in [0.2, 0.25) is 0 Å². The van der Waals surface area contributed by atoms with Crippen LogP contribution in [0.4, 0.5) is 0 Å². The van der Waals surface area contributed by atoms with Crippen molar-refractivity contribution in [1.29, 1.82) is 5.26 Å². The van der Waals surface area contributed by atoms with Gasteiger partial charge in [0.05, 0.1) is 18.1 Å². The van der Waals surface area contributed by atoms with E-state index < -0.39 is 11.6 Å². The second-order valence-electron chi connectivity index (χ2n) is 4.97. The molecule has 1 saturated carbocycles. The number of aliphatic hydroxyl groups is 1. The minimum Gasteiger partial charge on any atom is -0.481 e. The molecule has 1 aromatic heterocycles. The van der Waals surface area contributed by atoms with Gasteiger partial charge in [0.25, 0.3) is 0 Å². The predicted molar refractivity (Wildman–Crippen MR) is 63.7 cm³/mol. The molecule has 1 fully saturated rings. The predicted octanol–water partition coefficient (Wildman–Crippen LogP) is 1.37. The molecular formula is C13H16N2O3. The maximum absolute atomic E-state index is 10.9. The summed E-state index contributed by atoms with van der Waals surface area (Å²) in [5, 5.41) is 28.3. The fraction of sp³-hybridized carbons (Fsp3) is 0.538. The molecule has 5 heteroatoms. The summed E-state index contributed by atoms with van der Waals surface area (Å²) in [7, 11) is 0. The van der Waals surface area contributed by atoms with E-state index in [9.17, 15) is 9.90 Å². The van der Waals surface area contributed by atoms with Gasteiger partial charge in [-0.3, -0.25) is 4.79 Å². The van der Waals surface area contributed by atoms with Crippen LogP contribution in [0.25, 0.3) is 0 Å². The van der Waals surface area contributed by atoms with Crippen LogP contribution in [0.1, 0.15) is 31.4 Å². The second-order valence-corrected chi connectivity index (χ2v) is 4.97. The van der Waals surface area contributed by atoms with E-state index in [0.717, 1.165) is 0 Å². The number of nitriles is 1. The number of hydrogen-bond acceptors (Lipinski definition) is 3. The Labute approximate surface area is 105 Å². The summed E-state index contributed by atoms with van der Waals surface area (Å²) in [6, 6.07) is 5.54. The van der Waals surface area contributed by atoms with E-state index in [1.165, 1.54) is 0 Å². The first kappa shape index (κ1) is 12.7. The van der Waals surface area contributed by atoms with Gasteiger partial charge >= 0.3 is 5.97 Å². The highest BCUT2D eigenvalue weighted by molar-refractivity contribution is 5.70. The highest BCUT2D eigenvalue weighted by Gasteiger charge is 2.36. The van der Waals surface area contributed by atoms with Crippen LogP contribution in [0, 0.1) is 17.2 Å². The number of hydrogen-bond donors (Lipinski definition) is 2. The zero-order chi connectivity index (χ0) is 13.2. The van der Waals surface area contributed by atoms with Crippen LogP contribution >= 0.6 is 0 Å². The van der Waals surface area contributed by atoms with Crippen molar-refractivity contribution in [3.8, 4) is 6.07 Å². The third-order valence-electron chi connectivity index (χ3n) is 3.67. The fourth-order valence-corrected chi connectivity index (χ4v) is 2.53. The smallest absolute Gasteiger partial charge is 0.306 e. The maximum Gasteiger partial charge on any atom is 0.306 e. The molecule has 1 aliphatic carbocycles. The number of aromatic nitrogens is 1. The van der Waals surface area contributed by atoms with Crippen molar-refractivity contribution in [3.05, 3.63) is 24.0 Å². The Hall–Kier alpha value is -1.80. The molecule has 1 heterocycles. The second kappa shape index (κ2) is 4.83. The first-order valence-electron chi connectivity index (χ1n) is 6.04. The summed E-state index contributed by atoms with van der Waals surface area (Å²) in [4.78, 5) is 10.9. The molecule has 5 nitrogen and oxygen atoms in total. The third-order valence-corrected chi connectivity index (χ3v) is 3.67.